The van der Waals surface area contributed by atoms with E-state index in [-0.39, 0.29) is 9.83 Å². The molecule has 0 unspecified atom stereocenters. The summed E-state index contributed by atoms with van der Waals surface area (Å²) in [7, 11) is 3.78. The molecule has 0 aliphatic rings. The standard InChI is InChI=1S/C5H10INO/c1-4(5(6)8)7(2)3/h4H,1-3H3/t4-/m1/s1. The fourth-order valence-corrected chi connectivity index (χ4v) is 0.760. The van der Waals surface area contributed by atoms with Gasteiger partial charge in [0.25, 0.3) is 0 Å². The zero-order valence-electron chi connectivity index (χ0n) is 5.31. The van der Waals surface area contributed by atoms with E-state index >= 15 is 0 Å². The van der Waals surface area contributed by atoms with Crippen LogP contribution >= 0.6 is 22.6 Å². The normalized spacial score (nSPS) is 14.1. The molecule has 0 bridgehead atoms. The van der Waals surface area contributed by atoms with Gasteiger partial charge in [-0.15, -0.1) is 0 Å². The molecule has 0 saturated carbocycles. The quantitative estimate of drug-likeness (QED) is 0.516. The van der Waals surface area contributed by atoms with E-state index < -0.39 is 0 Å². The molecule has 48 valence electrons. The monoisotopic (exact) mass is 227 g/mol. The number of halogens is 1. The summed E-state index contributed by atoms with van der Waals surface area (Å²) in [6.45, 7) is 1.88. The van der Waals surface area contributed by atoms with Gasteiger partial charge in [0.15, 0.2) is 0 Å². The van der Waals surface area contributed by atoms with Crippen molar-refractivity contribution in [1.29, 1.82) is 0 Å². The van der Waals surface area contributed by atoms with Crippen molar-refractivity contribution in [3.05, 3.63) is 0 Å². The molecular formula is C5H10INO. The maximum Gasteiger partial charge on any atom is 0.209 e. The Morgan fingerprint density at radius 3 is 2.00 bits per heavy atom. The molecule has 3 heteroatoms. The molecule has 0 aliphatic carbocycles. The van der Waals surface area contributed by atoms with E-state index in [1.807, 2.05) is 25.9 Å². The van der Waals surface area contributed by atoms with Crippen molar-refractivity contribution in [3.63, 3.8) is 0 Å². The number of hydrogen-bond donors (Lipinski definition) is 0. The van der Waals surface area contributed by atoms with Crippen LogP contribution in [-0.2, 0) is 4.79 Å². The van der Waals surface area contributed by atoms with Gasteiger partial charge in [0.05, 0.1) is 6.04 Å². The number of carbonyl (C=O) groups excluding carboxylic acids is 1. The summed E-state index contributed by atoms with van der Waals surface area (Å²) in [5, 5.41) is 0. The van der Waals surface area contributed by atoms with Gasteiger partial charge in [-0.1, -0.05) is 0 Å². The summed E-state index contributed by atoms with van der Waals surface area (Å²) in [5.74, 6) is 0. The summed E-state index contributed by atoms with van der Waals surface area (Å²) in [6.07, 6.45) is 0. The maximum absolute atomic E-state index is 10.5. The number of likely N-dealkylation sites (N-methyl/N-ethyl adjacent to an activating group) is 1. The second kappa shape index (κ2) is 3.40. The topological polar surface area (TPSA) is 20.3 Å². The first-order valence-electron chi connectivity index (χ1n) is 2.41. The first-order valence-corrected chi connectivity index (χ1v) is 3.49. The van der Waals surface area contributed by atoms with Gasteiger partial charge in [-0.2, -0.15) is 0 Å². The van der Waals surface area contributed by atoms with Crippen LogP contribution in [0.25, 0.3) is 0 Å². The summed E-state index contributed by atoms with van der Waals surface area (Å²) in [5.41, 5.74) is 0. The maximum atomic E-state index is 10.5. The molecule has 0 aliphatic heterocycles. The third kappa shape index (κ3) is 2.61. The SMILES string of the molecule is C[C@H](C(=O)I)N(C)C. The summed E-state index contributed by atoms with van der Waals surface area (Å²) < 4.78 is 0.188. The Morgan fingerprint density at radius 1 is 1.62 bits per heavy atom. The van der Waals surface area contributed by atoms with Crippen LogP contribution < -0.4 is 0 Å². The van der Waals surface area contributed by atoms with Gasteiger partial charge < -0.3 is 0 Å². The molecule has 0 aromatic heterocycles. The van der Waals surface area contributed by atoms with Gasteiger partial charge in [-0.3, -0.25) is 9.69 Å². The van der Waals surface area contributed by atoms with Crippen LogP contribution in [0.15, 0.2) is 0 Å². The molecule has 0 heterocycles. The minimum atomic E-state index is 0.0515. The number of nitrogens with zero attached hydrogens (tertiary/aromatic N) is 1. The Balaban J connectivity index is 3.64. The molecule has 0 spiro atoms. The molecule has 0 saturated heterocycles. The predicted octanol–water partition coefficient (Wildman–Crippen LogP) is 0.898. The minimum absolute atomic E-state index is 0.0515. The highest BCUT2D eigenvalue weighted by atomic mass is 127. The second-order valence-electron chi connectivity index (χ2n) is 1.94. The molecule has 0 aromatic rings. The molecule has 8 heavy (non-hydrogen) atoms. The molecule has 0 N–H and O–H groups in total. The van der Waals surface area contributed by atoms with E-state index in [1.54, 1.807) is 22.6 Å². The molecule has 0 aromatic carbocycles. The third-order valence-electron chi connectivity index (χ3n) is 1.10. The summed E-state index contributed by atoms with van der Waals surface area (Å²) in [6, 6.07) is 0.0515. The van der Waals surface area contributed by atoms with Crippen LogP contribution in [-0.4, -0.2) is 28.8 Å². The van der Waals surface area contributed by atoms with Crippen molar-refractivity contribution in [2.45, 2.75) is 13.0 Å². The van der Waals surface area contributed by atoms with Crippen LogP contribution in [0, 0.1) is 0 Å². The van der Waals surface area contributed by atoms with Crippen LogP contribution in [0.1, 0.15) is 6.92 Å². The predicted molar refractivity (Wildman–Crippen MR) is 42.2 cm³/mol. The number of hydrogen-bond acceptors (Lipinski definition) is 2. The van der Waals surface area contributed by atoms with Crippen molar-refractivity contribution in [1.82, 2.24) is 4.90 Å². The lowest BCUT2D eigenvalue weighted by molar-refractivity contribution is -0.112. The van der Waals surface area contributed by atoms with Crippen LogP contribution in [0.5, 0.6) is 0 Å². The second-order valence-corrected chi connectivity index (χ2v) is 3.01. The molecule has 0 amide bonds. The van der Waals surface area contributed by atoms with E-state index in [0.717, 1.165) is 0 Å². The van der Waals surface area contributed by atoms with Gasteiger partial charge in [-0.25, -0.2) is 0 Å². The van der Waals surface area contributed by atoms with E-state index in [9.17, 15) is 4.79 Å². The Kier molecular flexibility index (Phi) is 3.55. The molecule has 0 rings (SSSR count). The Hall–Kier alpha value is 0.360. The Morgan fingerprint density at radius 2 is 2.00 bits per heavy atom. The van der Waals surface area contributed by atoms with Crippen LogP contribution in [0.4, 0.5) is 0 Å². The van der Waals surface area contributed by atoms with E-state index in [0.29, 0.717) is 0 Å². The van der Waals surface area contributed by atoms with Gasteiger partial charge in [0, 0.05) is 22.6 Å². The summed E-state index contributed by atoms with van der Waals surface area (Å²) in [4.78, 5) is 12.4. The summed E-state index contributed by atoms with van der Waals surface area (Å²) >= 11 is 1.80. The lowest BCUT2D eigenvalue weighted by atomic mass is 10.4. The smallest absolute Gasteiger partial charge is 0.209 e. The lowest BCUT2D eigenvalue weighted by Gasteiger charge is -2.14. The van der Waals surface area contributed by atoms with Gasteiger partial charge in [0.1, 0.15) is 0 Å². The Bertz CT molecular complexity index is 92.4. The van der Waals surface area contributed by atoms with E-state index in [4.69, 9.17) is 0 Å². The zero-order chi connectivity index (χ0) is 6.73. The highest BCUT2D eigenvalue weighted by Gasteiger charge is 2.09. The zero-order valence-corrected chi connectivity index (χ0v) is 7.47. The van der Waals surface area contributed by atoms with Gasteiger partial charge in [-0.05, 0) is 21.0 Å². The fraction of sp³-hybridized carbons (Fsp3) is 0.800. The van der Waals surface area contributed by atoms with Crippen molar-refractivity contribution in [3.8, 4) is 0 Å². The highest BCUT2D eigenvalue weighted by molar-refractivity contribution is 14.1. The van der Waals surface area contributed by atoms with Crippen molar-refractivity contribution >= 4 is 26.4 Å². The average molecular weight is 227 g/mol. The largest absolute Gasteiger partial charge is 0.299 e. The lowest BCUT2D eigenvalue weighted by Crippen LogP contribution is -2.29. The molecule has 0 fully saturated rings. The number of carbonyl (C=O) groups is 1. The average Bonchev–Trinajstić information content (AvgIpc) is 1.64. The molecule has 1 atom stereocenters. The van der Waals surface area contributed by atoms with Crippen molar-refractivity contribution < 1.29 is 4.79 Å². The van der Waals surface area contributed by atoms with E-state index in [2.05, 4.69) is 0 Å². The van der Waals surface area contributed by atoms with E-state index in [1.165, 1.54) is 0 Å². The molecular weight excluding hydrogens is 217 g/mol. The molecule has 0 radical (unpaired) electrons. The van der Waals surface area contributed by atoms with Crippen LogP contribution in [0.2, 0.25) is 0 Å². The van der Waals surface area contributed by atoms with Gasteiger partial charge in [0.2, 0.25) is 3.79 Å². The highest BCUT2D eigenvalue weighted by Crippen LogP contribution is 1.98. The Labute approximate surface area is 63.4 Å². The van der Waals surface area contributed by atoms with Crippen molar-refractivity contribution in [2.24, 2.45) is 0 Å². The minimum Gasteiger partial charge on any atom is -0.299 e. The fourth-order valence-electron chi connectivity index (χ4n) is 0.203. The van der Waals surface area contributed by atoms with Crippen LogP contribution in [0.3, 0.4) is 0 Å². The molecule has 2 nitrogen and oxygen atoms in total. The van der Waals surface area contributed by atoms with Crippen molar-refractivity contribution in [2.75, 3.05) is 14.1 Å². The number of rotatable bonds is 2. The first kappa shape index (κ1) is 8.36. The third-order valence-corrected chi connectivity index (χ3v) is 2.00. The van der Waals surface area contributed by atoms with Gasteiger partial charge >= 0.3 is 0 Å². The first-order chi connectivity index (χ1) is 3.55.